The van der Waals surface area contributed by atoms with Crippen molar-refractivity contribution < 1.29 is 4.42 Å². The molecule has 0 spiro atoms. The van der Waals surface area contributed by atoms with Crippen LogP contribution in [0.2, 0.25) is 0 Å². The predicted octanol–water partition coefficient (Wildman–Crippen LogP) is 4.67. The lowest BCUT2D eigenvalue weighted by Crippen LogP contribution is -2.30. The van der Waals surface area contributed by atoms with Crippen molar-refractivity contribution in [2.75, 3.05) is 13.1 Å². The van der Waals surface area contributed by atoms with E-state index in [2.05, 4.69) is 41.1 Å². The van der Waals surface area contributed by atoms with E-state index in [1.807, 2.05) is 42.6 Å². The SMILES string of the molecule is CC(c1ncc(-c2ccccc2)o1)N1C[C@@H](N)[C@H](c2ccccc2)C1.Cl.Cl. The number of hydrogen-bond donors (Lipinski definition) is 1. The number of nitrogens with two attached hydrogens (primary N) is 1. The standard InChI is InChI=1S/C21H23N3O.2ClH/c1-15(21-23-12-20(25-21)17-10-6-3-7-11-17)24-13-18(19(22)14-24)16-8-4-2-5-9-16;;/h2-12,15,18-19H,13-14,22H2,1H3;2*1H/t15?,18-,19+;;/m0../s1. The van der Waals surface area contributed by atoms with Crippen molar-refractivity contribution in [2.24, 2.45) is 5.73 Å². The molecule has 0 aliphatic carbocycles. The summed E-state index contributed by atoms with van der Waals surface area (Å²) in [6.45, 7) is 3.92. The number of hydrogen-bond acceptors (Lipinski definition) is 4. The fourth-order valence-electron chi connectivity index (χ4n) is 3.60. The van der Waals surface area contributed by atoms with Gasteiger partial charge in [-0.15, -0.1) is 24.8 Å². The molecule has 2 N–H and O–H groups in total. The molecule has 1 aliphatic heterocycles. The molecule has 1 unspecified atom stereocenters. The molecule has 0 radical (unpaired) electrons. The fraction of sp³-hybridized carbons (Fsp3) is 0.286. The first kappa shape index (κ1) is 21.5. The van der Waals surface area contributed by atoms with E-state index in [-0.39, 0.29) is 36.9 Å². The van der Waals surface area contributed by atoms with E-state index in [9.17, 15) is 0 Å². The van der Waals surface area contributed by atoms with Crippen LogP contribution < -0.4 is 5.73 Å². The first-order valence-corrected chi connectivity index (χ1v) is 8.78. The summed E-state index contributed by atoms with van der Waals surface area (Å²) in [4.78, 5) is 6.87. The average molecular weight is 406 g/mol. The van der Waals surface area contributed by atoms with Gasteiger partial charge in [0.2, 0.25) is 5.89 Å². The maximum absolute atomic E-state index is 6.42. The Hall–Kier alpha value is -1.85. The predicted molar refractivity (Wildman–Crippen MR) is 114 cm³/mol. The van der Waals surface area contributed by atoms with Gasteiger partial charge in [0.05, 0.1) is 12.2 Å². The van der Waals surface area contributed by atoms with E-state index in [0.29, 0.717) is 5.92 Å². The zero-order valence-electron chi connectivity index (χ0n) is 15.2. The molecule has 6 heteroatoms. The zero-order chi connectivity index (χ0) is 17.2. The molecule has 2 aromatic carbocycles. The maximum atomic E-state index is 6.42. The van der Waals surface area contributed by atoms with Crippen molar-refractivity contribution in [3.63, 3.8) is 0 Å². The van der Waals surface area contributed by atoms with Crippen molar-refractivity contribution in [1.29, 1.82) is 0 Å². The molecule has 4 rings (SSSR count). The van der Waals surface area contributed by atoms with Gasteiger partial charge in [0.1, 0.15) is 0 Å². The molecule has 2 heterocycles. The van der Waals surface area contributed by atoms with Crippen molar-refractivity contribution in [3.05, 3.63) is 78.3 Å². The second kappa shape index (κ2) is 9.38. The fourth-order valence-corrected chi connectivity index (χ4v) is 3.60. The Labute approximate surface area is 172 Å². The highest BCUT2D eigenvalue weighted by molar-refractivity contribution is 5.85. The third-order valence-electron chi connectivity index (χ3n) is 5.11. The minimum Gasteiger partial charge on any atom is -0.439 e. The Morgan fingerprint density at radius 3 is 2.30 bits per heavy atom. The summed E-state index contributed by atoms with van der Waals surface area (Å²) in [5.74, 6) is 1.91. The number of nitrogens with zero attached hydrogens (tertiary/aromatic N) is 2. The number of aromatic nitrogens is 1. The van der Waals surface area contributed by atoms with Gasteiger partial charge in [0, 0.05) is 30.6 Å². The summed E-state index contributed by atoms with van der Waals surface area (Å²) in [5.41, 5.74) is 8.78. The highest BCUT2D eigenvalue weighted by Crippen LogP contribution is 2.33. The summed E-state index contributed by atoms with van der Waals surface area (Å²) in [7, 11) is 0. The quantitative estimate of drug-likeness (QED) is 0.684. The van der Waals surface area contributed by atoms with Gasteiger partial charge in [-0.3, -0.25) is 4.90 Å². The minimum atomic E-state index is 0. The summed E-state index contributed by atoms with van der Waals surface area (Å²) in [5, 5.41) is 0. The molecule has 1 fully saturated rings. The highest BCUT2D eigenvalue weighted by Gasteiger charge is 2.35. The van der Waals surface area contributed by atoms with E-state index in [4.69, 9.17) is 10.2 Å². The monoisotopic (exact) mass is 405 g/mol. The van der Waals surface area contributed by atoms with E-state index < -0.39 is 0 Å². The Balaban J connectivity index is 0.00000131. The second-order valence-electron chi connectivity index (χ2n) is 6.74. The van der Waals surface area contributed by atoms with Gasteiger partial charge >= 0.3 is 0 Å². The highest BCUT2D eigenvalue weighted by atomic mass is 35.5. The van der Waals surface area contributed by atoms with E-state index in [0.717, 1.165) is 30.3 Å². The van der Waals surface area contributed by atoms with Crippen LogP contribution in [-0.2, 0) is 0 Å². The number of halogens is 2. The van der Waals surface area contributed by atoms with Crippen LogP contribution in [0.3, 0.4) is 0 Å². The Bertz CT molecular complexity index is 826. The molecule has 1 aromatic heterocycles. The van der Waals surface area contributed by atoms with Crippen LogP contribution in [0.5, 0.6) is 0 Å². The molecule has 1 saturated heterocycles. The van der Waals surface area contributed by atoms with Crippen LogP contribution in [0.25, 0.3) is 11.3 Å². The molecule has 0 saturated carbocycles. The average Bonchev–Trinajstić information content (AvgIpc) is 3.30. The van der Waals surface area contributed by atoms with Crippen LogP contribution in [0.15, 0.2) is 71.3 Å². The van der Waals surface area contributed by atoms with E-state index in [1.165, 1.54) is 5.56 Å². The van der Waals surface area contributed by atoms with Crippen LogP contribution in [0.1, 0.15) is 30.3 Å². The smallest absolute Gasteiger partial charge is 0.211 e. The number of oxazole rings is 1. The molecular weight excluding hydrogens is 381 g/mol. The molecule has 3 aromatic rings. The van der Waals surface area contributed by atoms with Crippen LogP contribution in [0.4, 0.5) is 0 Å². The van der Waals surface area contributed by atoms with Gasteiger partial charge in [0.25, 0.3) is 0 Å². The molecule has 3 atom stereocenters. The zero-order valence-corrected chi connectivity index (χ0v) is 16.8. The van der Waals surface area contributed by atoms with Crippen molar-refractivity contribution in [3.8, 4) is 11.3 Å². The van der Waals surface area contributed by atoms with Gasteiger partial charge in [-0.05, 0) is 12.5 Å². The van der Waals surface area contributed by atoms with Crippen LogP contribution >= 0.6 is 24.8 Å². The molecule has 27 heavy (non-hydrogen) atoms. The molecule has 4 nitrogen and oxygen atoms in total. The number of benzene rings is 2. The Morgan fingerprint density at radius 2 is 1.63 bits per heavy atom. The van der Waals surface area contributed by atoms with Crippen LogP contribution in [0, 0.1) is 0 Å². The van der Waals surface area contributed by atoms with Gasteiger partial charge < -0.3 is 10.2 Å². The Kier molecular flexibility index (Phi) is 7.45. The lowest BCUT2D eigenvalue weighted by Gasteiger charge is -2.21. The molecule has 1 aliphatic rings. The minimum absolute atomic E-state index is 0. The third kappa shape index (κ3) is 4.53. The normalized spacial score (nSPS) is 20.5. The van der Waals surface area contributed by atoms with Crippen LogP contribution in [-0.4, -0.2) is 29.0 Å². The summed E-state index contributed by atoms with van der Waals surface area (Å²) >= 11 is 0. The molecule has 0 bridgehead atoms. The maximum Gasteiger partial charge on any atom is 0.211 e. The lowest BCUT2D eigenvalue weighted by atomic mass is 9.95. The first-order chi connectivity index (χ1) is 12.2. The van der Waals surface area contributed by atoms with Gasteiger partial charge in [0.15, 0.2) is 5.76 Å². The van der Waals surface area contributed by atoms with Gasteiger partial charge in [-0.25, -0.2) is 4.98 Å². The second-order valence-corrected chi connectivity index (χ2v) is 6.74. The van der Waals surface area contributed by atoms with Crippen molar-refractivity contribution >= 4 is 24.8 Å². The number of likely N-dealkylation sites (tertiary alicyclic amines) is 1. The first-order valence-electron chi connectivity index (χ1n) is 8.78. The number of rotatable bonds is 4. The van der Waals surface area contributed by atoms with E-state index in [1.54, 1.807) is 0 Å². The molecular formula is C21H25Cl2N3O. The Morgan fingerprint density at radius 1 is 1.00 bits per heavy atom. The largest absolute Gasteiger partial charge is 0.439 e. The lowest BCUT2D eigenvalue weighted by molar-refractivity contribution is 0.221. The van der Waals surface area contributed by atoms with Crippen molar-refractivity contribution in [1.82, 2.24) is 9.88 Å². The van der Waals surface area contributed by atoms with Gasteiger partial charge in [-0.1, -0.05) is 60.7 Å². The summed E-state index contributed by atoms with van der Waals surface area (Å²) < 4.78 is 6.03. The summed E-state index contributed by atoms with van der Waals surface area (Å²) in [6.07, 6.45) is 1.81. The van der Waals surface area contributed by atoms with E-state index >= 15 is 0 Å². The molecule has 0 amide bonds. The topological polar surface area (TPSA) is 55.3 Å². The third-order valence-corrected chi connectivity index (χ3v) is 5.11. The van der Waals surface area contributed by atoms with Crippen molar-refractivity contribution in [2.45, 2.75) is 24.9 Å². The van der Waals surface area contributed by atoms with Gasteiger partial charge in [-0.2, -0.15) is 0 Å². The molecule has 144 valence electrons. The summed E-state index contributed by atoms with van der Waals surface area (Å²) in [6, 6.07) is 20.8.